The molecule has 7 atom stereocenters. The van der Waals surface area contributed by atoms with Crippen molar-refractivity contribution in [2.75, 3.05) is 69.4 Å². The van der Waals surface area contributed by atoms with Crippen molar-refractivity contribution < 1.29 is 87.5 Å². The molecule has 28 heteroatoms. The van der Waals surface area contributed by atoms with Crippen molar-refractivity contribution in [2.24, 2.45) is 22.2 Å². The smallest absolute Gasteiger partial charge is 0.407 e. The van der Waals surface area contributed by atoms with Crippen LogP contribution in [0.3, 0.4) is 0 Å². The van der Waals surface area contributed by atoms with E-state index in [1.54, 1.807) is 24.4 Å². The van der Waals surface area contributed by atoms with Gasteiger partial charge in [0.15, 0.2) is 16.9 Å². The number of hydrogen-bond acceptors (Lipinski definition) is 21. The molecular formula is C69H79N9O18S. The lowest BCUT2D eigenvalue weighted by molar-refractivity contribution is -0.260. The zero-order valence-corrected chi connectivity index (χ0v) is 54.8. The topological polar surface area (TPSA) is 362 Å². The number of imide groups is 1. The molecule has 4 bridgehead atoms. The van der Waals surface area contributed by atoms with Crippen LogP contribution in [0.5, 0.6) is 11.5 Å². The Morgan fingerprint density at radius 2 is 1.60 bits per heavy atom. The minimum atomic E-state index is -1.76. The minimum Gasteiger partial charge on any atom is -0.491 e. The molecule has 3 aliphatic heterocycles. The highest BCUT2D eigenvalue weighted by molar-refractivity contribution is 7.22. The van der Waals surface area contributed by atoms with Crippen LogP contribution >= 0.6 is 11.3 Å². The minimum absolute atomic E-state index is 0.0142. The number of hydrogen-bond donors (Lipinski definition) is 8. The maximum atomic E-state index is 13.8. The van der Waals surface area contributed by atoms with Gasteiger partial charge in [-0.15, -0.1) is 0 Å². The first kappa shape index (κ1) is 68.1. The number of amides is 5. The van der Waals surface area contributed by atoms with Gasteiger partial charge in [-0.2, -0.15) is 5.10 Å². The predicted molar refractivity (Wildman–Crippen MR) is 350 cm³/mol. The van der Waals surface area contributed by atoms with E-state index in [4.69, 9.17) is 38.5 Å². The molecule has 0 radical (unpaired) electrons. The molecule has 4 saturated carbocycles. The quantitative estimate of drug-likeness (QED) is 0.0201. The monoisotopic (exact) mass is 1350 g/mol. The zero-order valence-electron chi connectivity index (χ0n) is 54.0. The number of nitrogens with one attached hydrogen (secondary N) is 3. The Hall–Kier alpha value is -8.90. The zero-order chi connectivity index (χ0) is 68.4. The first-order valence-corrected chi connectivity index (χ1v) is 33.3. The van der Waals surface area contributed by atoms with Crippen LogP contribution in [-0.4, -0.2) is 181 Å². The van der Waals surface area contributed by atoms with Gasteiger partial charge in [0.25, 0.3) is 17.7 Å². The van der Waals surface area contributed by atoms with Gasteiger partial charge in [-0.3, -0.25) is 34.1 Å². The number of aromatic nitrogens is 4. The third-order valence-electron chi connectivity index (χ3n) is 19.4. The van der Waals surface area contributed by atoms with Gasteiger partial charge < -0.3 is 69.5 Å². The molecule has 8 N–H and O–H groups in total. The van der Waals surface area contributed by atoms with Crippen molar-refractivity contribution in [3.63, 3.8) is 0 Å². The van der Waals surface area contributed by atoms with Crippen LogP contribution in [0, 0.1) is 29.1 Å². The molecule has 2 unspecified atom stereocenters. The molecule has 5 fully saturated rings. The molecule has 6 heterocycles. The lowest BCUT2D eigenvalue weighted by Gasteiger charge is -2.69. The Kier molecular flexibility index (Phi) is 19.8. The number of pyridine rings is 1. The fourth-order valence-corrected chi connectivity index (χ4v) is 17.1. The molecule has 3 aromatic carbocycles. The van der Waals surface area contributed by atoms with Gasteiger partial charge in [0.2, 0.25) is 12.2 Å². The fraction of sp³-hybridized carbons (Fsp3) is 0.478. The molecule has 27 nitrogen and oxygen atoms in total. The second-order valence-corrected chi connectivity index (χ2v) is 28.0. The second kappa shape index (κ2) is 28.3. The molecule has 5 amide bonds. The lowest BCUT2D eigenvalue weighted by atomic mass is 9.39. The average Bonchev–Trinajstić information content (AvgIpc) is 0.792. The van der Waals surface area contributed by atoms with Crippen molar-refractivity contribution >= 4 is 74.2 Å². The number of fused-ring (bicyclic) bond motifs is 2. The Labute approximate surface area is 562 Å². The van der Waals surface area contributed by atoms with Gasteiger partial charge in [-0.25, -0.2) is 24.4 Å². The van der Waals surface area contributed by atoms with E-state index in [2.05, 4.69) is 34.8 Å². The van der Waals surface area contributed by atoms with E-state index in [-0.39, 0.29) is 116 Å². The summed E-state index contributed by atoms with van der Waals surface area (Å²) in [7, 11) is 0. The van der Waals surface area contributed by atoms with E-state index < -0.39 is 72.6 Å². The van der Waals surface area contributed by atoms with Gasteiger partial charge >= 0.3 is 18.0 Å². The molecule has 13 rings (SSSR count). The Morgan fingerprint density at radius 3 is 2.35 bits per heavy atom. The van der Waals surface area contributed by atoms with Crippen molar-refractivity contribution in [2.45, 2.75) is 128 Å². The summed E-state index contributed by atoms with van der Waals surface area (Å²) >= 11 is 1.41. The third kappa shape index (κ3) is 15.0. The highest BCUT2D eigenvalue weighted by Crippen LogP contribution is 2.72. The number of rotatable bonds is 28. The van der Waals surface area contributed by atoms with Crippen LogP contribution in [0.4, 0.5) is 15.7 Å². The number of nitrogens with zero attached hydrogens (tertiary/aromatic N) is 6. The summed E-state index contributed by atoms with van der Waals surface area (Å²) in [5.41, 5.74) is 4.47. The molecule has 514 valence electrons. The molecule has 3 aromatic heterocycles. The van der Waals surface area contributed by atoms with E-state index in [1.807, 2.05) is 59.0 Å². The Balaban J connectivity index is 0.658. The number of carboxylic acids is 2. The lowest BCUT2D eigenvalue weighted by Crippen LogP contribution is -2.64. The van der Waals surface area contributed by atoms with Crippen molar-refractivity contribution in [3.05, 3.63) is 125 Å². The standard InChI is InChI=1S/C69H79N9O18S/c1-40-47(44-13-14-52(74-56(44)61(86)87)76-22-17-41-7-6-8-45(48(41)31-76)60(85)75-64-73-49-9-4-5-10-51(49)97-64)30-72-78(40)39-68-34-66(2)33-67(3,35-68)37-69(36-66,38-68)94-26-21-71-65(90)93-32-42-11-12-43(29-50(42)95-63-58(84)57(83)46(19-24-79)59(96-63)62(88)89)92-28-27-91-25-20-70-53(80)18-23-77-54(81)15-16-55(77)82/h4-16,29-30,46,57-59,63,79,83-84H,17-28,31-39H2,1-3H3,(H,70,80)(H,71,90)(H,86,87)(H,88,89)(H,73,75,85)/t46-,57-,58+,59-,63+,66?,67?,68?,69?/m0/s1. The van der Waals surface area contributed by atoms with Crippen LogP contribution in [0.1, 0.15) is 108 Å². The summed E-state index contributed by atoms with van der Waals surface area (Å²) in [6, 6.07) is 21.5. The van der Waals surface area contributed by atoms with Crippen LogP contribution in [0.2, 0.25) is 0 Å². The van der Waals surface area contributed by atoms with E-state index in [9.17, 15) is 59.1 Å². The highest BCUT2D eigenvalue weighted by Gasteiger charge is 2.66. The van der Waals surface area contributed by atoms with Crippen molar-refractivity contribution in [1.82, 2.24) is 35.3 Å². The number of aliphatic carboxylic acids is 1. The maximum Gasteiger partial charge on any atom is 0.407 e. The van der Waals surface area contributed by atoms with Gasteiger partial charge in [0.05, 0.1) is 47.9 Å². The van der Waals surface area contributed by atoms with E-state index in [0.717, 1.165) is 82.6 Å². The van der Waals surface area contributed by atoms with Crippen LogP contribution in [-0.2, 0) is 64.2 Å². The number of thiazole rings is 1. The molecular weight excluding hydrogens is 1270 g/mol. The van der Waals surface area contributed by atoms with Crippen LogP contribution < -0.4 is 30.3 Å². The van der Waals surface area contributed by atoms with Gasteiger partial charge in [-0.1, -0.05) is 49.4 Å². The summed E-state index contributed by atoms with van der Waals surface area (Å²) in [4.78, 5) is 101. The van der Waals surface area contributed by atoms with E-state index in [1.165, 1.54) is 23.5 Å². The first-order valence-electron chi connectivity index (χ1n) is 32.5. The average molecular weight is 1350 g/mol. The van der Waals surface area contributed by atoms with E-state index in [0.29, 0.717) is 53.7 Å². The SMILES string of the molecule is Cc1c(-c2ccc(N3CCc4cccc(C(=O)Nc5nc6ccccc6s5)c4C3)nc2C(=O)O)cnn1CC12CC3(C)CC(C)(C1)CC(OCCNC(=O)OCc1ccc(OCCOCCNC(=O)CCN4C(=O)C=CC4=O)cc1O[C@@H]1O[C@H](C(=O)O)[C@@H](CCO)[C@H](O)[C@H]1O)(C3)C2. The number of aliphatic hydroxyl groups excluding tert-OH is 3. The summed E-state index contributed by atoms with van der Waals surface area (Å²) in [6.07, 6.45) is 2.17. The predicted octanol–water partition coefficient (Wildman–Crippen LogP) is 6.17. The Morgan fingerprint density at radius 1 is 0.825 bits per heavy atom. The number of benzene rings is 3. The summed E-state index contributed by atoms with van der Waals surface area (Å²) in [5, 5.41) is 66.3. The summed E-state index contributed by atoms with van der Waals surface area (Å²) in [5.74, 6) is -4.71. The van der Waals surface area contributed by atoms with Gasteiger partial charge in [-0.05, 0) is 128 Å². The van der Waals surface area contributed by atoms with Gasteiger partial charge in [0.1, 0.15) is 36.6 Å². The number of alkyl carbamates (subject to hydrolysis) is 1. The normalized spacial score (nSPS) is 25.5. The molecule has 97 heavy (non-hydrogen) atoms. The number of carboxylic acid groups (broad SMARTS) is 2. The van der Waals surface area contributed by atoms with Crippen LogP contribution in [0.15, 0.2) is 91.1 Å². The van der Waals surface area contributed by atoms with Crippen LogP contribution in [0.25, 0.3) is 21.3 Å². The molecule has 7 aliphatic rings. The van der Waals surface area contributed by atoms with Gasteiger partial charge in [0, 0.05) is 104 Å². The van der Waals surface area contributed by atoms with E-state index >= 15 is 0 Å². The number of carbonyl (C=O) groups excluding carboxylic acids is 5. The molecule has 0 spiro atoms. The largest absolute Gasteiger partial charge is 0.491 e. The number of aromatic carboxylic acids is 1. The highest BCUT2D eigenvalue weighted by atomic mass is 32.1. The number of carbonyl (C=O) groups is 7. The molecule has 4 aliphatic carbocycles. The number of para-hydroxylation sites is 1. The third-order valence-corrected chi connectivity index (χ3v) is 20.3. The number of anilines is 2. The molecule has 1 saturated heterocycles. The maximum absolute atomic E-state index is 13.8. The fourth-order valence-electron chi connectivity index (χ4n) is 16.3. The number of ether oxygens (including phenoxy) is 6. The molecule has 6 aromatic rings. The van der Waals surface area contributed by atoms with Crippen molar-refractivity contribution in [3.8, 4) is 22.6 Å². The first-order chi connectivity index (χ1) is 46.5. The summed E-state index contributed by atoms with van der Waals surface area (Å²) in [6.45, 7) is 7.84. The summed E-state index contributed by atoms with van der Waals surface area (Å²) < 4.78 is 38.7. The Bertz CT molecular complexity index is 3970. The number of aliphatic hydroxyl groups is 3. The van der Waals surface area contributed by atoms with Crippen molar-refractivity contribution in [1.29, 1.82) is 0 Å². The second-order valence-electron chi connectivity index (χ2n) is 27.0.